The van der Waals surface area contributed by atoms with Gasteiger partial charge in [-0.15, -0.1) is 0 Å². The maximum atomic E-state index is 5.97. The van der Waals surface area contributed by atoms with E-state index in [0.717, 1.165) is 33.5 Å². The average Bonchev–Trinajstić information content (AvgIpc) is 2.38. The Morgan fingerprint density at radius 3 is 2.89 bits per heavy atom. The molecule has 1 aromatic heterocycles. The van der Waals surface area contributed by atoms with Crippen molar-refractivity contribution in [1.29, 1.82) is 0 Å². The van der Waals surface area contributed by atoms with Crippen LogP contribution in [-0.2, 0) is 0 Å². The van der Waals surface area contributed by atoms with Crippen LogP contribution >= 0.6 is 27.5 Å². The molecule has 2 nitrogen and oxygen atoms in total. The summed E-state index contributed by atoms with van der Waals surface area (Å²) in [6.07, 6.45) is 5.48. The Balaban J connectivity index is 2.04. The normalized spacial score (nSPS) is 10.8. The molecule has 0 fully saturated rings. The highest BCUT2D eigenvalue weighted by molar-refractivity contribution is 9.09. The van der Waals surface area contributed by atoms with Crippen LogP contribution in [0.3, 0.4) is 0 Å². The molecule has 0 aliphatic rings. The summed E-state index contributed by atoms with van der Waals surface area (Å²) in [5.41, 5.74) is 2.07. The van der Waals surface area contributed by atoms with Gasteiger partial charge in [0.1, 0.15) is 0 Å². The Morgan fingerprint density at radius 1 is 1.17 bits per heavy atom. The van der Waals surface area contributed by atoms with Gasteiger partial charge < -0.3 is 5.32 Å². The van der Waals surface area contributed by atoms with Gasteiger partial charge in [0, 0.05) is 34.2 Å². The highest BCUT2D eigenvalue weighted by Crippen LogP contribution is 2.24. The minimum Gasteiger partial charge on any atom is -0.384 e. The summed E-state index contributed by atoms with van der Waals surface area (Å²) in [6, 6.07) is 7.83. The number of halogens is 2. The first-order chi connectivity index (χ1) is 8.81. The highest BCUT2D eigenvalue weighted by Gasteiger charge is 2.01. The van der Waals surface area contributed by atoms with Gasteiger partial charge in [-0.25, -0.2) is 0 Å². The average molecular weight is 328 g/mol. The second-order valence-electron chi connectivity index (χ2n) is 4.20. The van der Waals surface area contributed by atoms with Crippen molar-refractivity contribution < 1.29 is 0 Å². The van der Waals surface area contributed by atoms with Gasteiger partial charge in [-0.3, -0.25) is 4.98 Å². The third kappa shape index (κ3) is 3.59. The Hall–Kier alpha value is -0.800. The van der Waals surface area contributed by atoms with E-state index >= 15 is 0 Å². The predicted molar refractivity (Wildman–Crippen MR) is 82.9 cm³/mol. The molecule has 18 heavy (non-hydrogen) atoms. The Kier molecular flexibility index (Phi) is 5.26. The molecule has 0 saturated carbocycles. The van der Waals surface area contributed by atoms with Gasteiger partial charge in [-0.05, 0) is 37.1 Å². The number of anilines is 1. The maximum Gasteiger partial charge on any atom is 0.0737 e. The van der Waals surface area contributed by atoms with E-state index in [1.807, 2.05) is 30.5 Å². The van der Waals surface area contributed by atoms with E-state index in [1.165, 1.54) is 19.3 Å². The van der Waals surface area contributed by atoms with Crippen LogP contribution in [0.2, 0.25) is 5.02 Å². The first-order valence-electron chi connectivity index (χ1n) is 6.15. The van der Waals surface area contributed by atoms with Crippen LogP contribution in [0.5, 0.6) is 0 Å². The minimum atomic E-state index is 0.726. The summed E-state index contributed by atoms with van der Waals surface area (Å²) >= 11 is 9.41. The van der Waals surface area contributed by atoms with Crippen molar-refractivity contribution in [1.82, 2.24) is 4.98 Å². The summed E-state index contributed by atoms with van der Waals surface area (Å²) < 4.78 is 0. The molecule has 0 atom stereocenters. The third-order valence-corrected chi connectivity index (χ3v) is 3.63. The first-order valence-corrected chi connectivity index (χ1v) is 7.65. The molecule has 1 aromatic carbocycles. The zero-order valence-electron chi connectivity index (χ0n) is 10.1. The number of nitrogens with one attached hydrogen (secondary N) is 1. The van der Waals surface area contributed by atoms with Crippen molar-refractivity contribution >= 4 is 44.1 Å². The van der Waals surface area contributed by atoms with Crippen LogP contribution in [0.4, 0.5) is 5.69 Å². The van der Waals surface area contributed by atoms with Gasteiger partial charge in [0.05, 0.1) is 5.52 Å². The van der Waals surface area contributed by atoms with E-state index in [-0.39, 0.29) is 0 Å². The van der Waals surface area contributed by atoms with Gasteiger partial charge in [0.25, 0.3) is 0 Å². The molecule has 0 amide bonds. The number of nitrogens with zero attached hydrogens (tertiary/aromatic N) is 1. The quantitative estimate of drug-likeness (QED) is 0.605. The molecule has 0 radical (unpaired) electrons. The number of hydrogen-bond donors (Lipinski definition) is 1. The van der Waals surface area contributed by atoms with Gasteiger partial charge in [-0.2, -0.15) is 0 Å². The van der Waals surface area contributed by atoms with Crippen LogP contribution in [-0.4, -0.2) is 16.9 Å². The van der Waals surface area contributed by atoms with E-state index in [4.69, 9.17) is 11.6 Å². The second-order valence-corrected chi connectivity index (χ2v) is 5.43. The van der Waals surface area contributed by atoms with E-state index in [0.29, 0.717) is 0 Å². The van der Waals surface area contributed by atoms with E-state index in [9.17, 15) is 0 Å². The van der Waals surface area contributed by atoms with Crippen LogP contribution in [0.25, 0.3) is 10.9 Å². The predicted octanol–water partition coefficient (Wildman–Crippen LogP) is 4.87. The summed E-state index contributed by atoms with van der Waals surface area (Å²) in [4.78, 5) is 4.33. The van der Waals surface area contributed by atoms with E-state index in [2.05, 4.69) is 26.2 Å². The molecule has 0 aliphatic carbocycles. The topological polar surface area (TPSA) is 24.9 Å². The van der Waals surface area contributed by atoms with E-state index in [1.54, 1.807) is 0 Å². The zero-order chi connectivity index (χ0) is 12.8. The lowest BCUT2D eigenvalue weighted by atomic mass is 10.2. The SMILES string of the molecule is Clc1ccc2c(NCCCCCBr)ccnc2c1. The van der Waals surface area contributed by atoms with Crippen LogP contribution < -0.4 is 5.32 Å². The number of pyridine rings is 1. The molecular formula is C14H16BrClN2. The number of fused-ring (bicyclic) bond motifs is 1. The van der Waals surface area contributed by atoms with Crippen molar-refractivity contribution in [3.63, 3.8) is 0 Å². The smallest absolute Gasteiger partial charge is 0.0737 e. The highest BCUT2D eigenvalue weighted by atomic mass is 79.9. The molecule has 1 heterocycles. The van der Waals surface area contributed by atoms with Crippen molar-refractivity contribution in [2.75, 3.05) is 17.2 Å². The standard InChI is InChI=1S/C14H16BrClN2/c15-7-2-1-3-8-17-13-6-9-18-14-10-11(16)4-5-12(13)14/h4-6,9-10H,1-3,7-8H2,(H,17,18). The largest absolute Gasteiger partial charge is 0.384 e. The zero-order valence-corrected chi connectivity index (χ0v) is 12.5. The molecule has 4 heteroatoms. The summed E-state index contributed by atoms with van der Waals surface area (Å²) in [7, 11) is 0. The van der Waals surface area contributed by atoms with Crippen molar-refractivity contribution in [3.8, 4) is 0 Å². The van der Waals surface area contributed by atoms with Gasteiger partial charge >= 0.3 is 0 Å². The fraction of sp³-hybridized carbons (Fsp3) is 0.357. The molecule has 0 aliphatic heterocycles. The minimum absolute atomic E-state index is 0.726. The van der Waals surface area contributed by atoms with Crippen molar-refractivity contribution in [3.05, 3.63) is 35.5 Å². The third-order valence-electron chi connectivity index (χ3n) is 2.83. The monoisotopic (exact) mass is 326 g/mol. The Labute approximate surface area is 121 Å². The summed E-state index contributed by atoms with van der Waals surface area (Å²) in [6.45, 7) is 0.995. The molecular weight excluding hydrogens is 312 g/mol. The molecule has 2 aromatic rings. The summed E-state index contributed by atoms with van der Waals surface area (Å²) in [5, 5.41) is 6.41. The number of hydrogen-bond acceptors (Lipinski definition) is 2. The first kappa shape index (κ1) is 13.6. The lowest BCUT2D eigenvalue weighted by molar-refractivity contribution is 0.752. The fourth-order valence-corrected chi connectivity index (χ4v) is 2.46. The lowest BCUT2D eigenvalue weighted by Crippen LogP contribution is -2.02. The van der Waals surface area contributed by atoms with E-state index < -0.39 is 0 Å². The number of rotatable bonds is 6. The molecule has 1 N–H and O–H groups in total. The van der Waals surface area contributed by atoms with Gasteiger partial charge in [-0.1, -0.05) is 34.0 Å². The molecule has 0 saturated heterocycles. The van der Waals surface area contributed by atoms with Crippen molar-refractivity contribution in [2.45, 2.75) is 19.3 Å². The lowest BCUT2D eigenvalue weighted by Gasteiger charge is -2.09. The number of unbranched alkanes of at least 4 members (excludes halogenated alkanes) is 2. The number of aromatic nitrogens is 1. The molecule has 0 bridgehead atoms. The Morgan fingerprint density at radius 2 is 2.06 bits per heavy atom. The molecule has 0 unspecified atom stereocenters. The van der Waals surface area contributed by atoms with Gasteiger partial charge in [0.2, 0.25) is 0 Å². The number of benzene rings is 1. The molecule has 96 valence electrons. The molecule has 0 spiro atoms. The maximum absolute atomic E-state index is 5.97. The number of alkyl halides is 1. The second kappa shape index (κ2) is 6.95. The summed E-state index contributed by atoms with van der Waals surface area (Å²) in [5.74, 6) is 0. The van der Waals surface area contributed by atoms with Crippen LogP contribution in [0.15, 0.2) is 30.5 Å². The van der Waals surface area contributed by atoms with Crippen LogP contribution in [0.1, 0.15) is 19.3 Å². The fourth-order valence-electron chi connectivity index (χ4n) is 1.89. The molecule has 2 rings (SSSR count). The van der Waals surface area contributed by atoms with Crippen molar-refractivity contribution in [2.24, 2.45) is 0 Å². The van der Waals surface area contributed by atoms with Crippen LogP contribution in [0, 0.1) is 0 Å². The Bertz CT molecular complexity index is 516. The van der Waals surface area contributed by atoms with Gasteiger partial charge in [0.15, 0.2) is 0 Å².